The Morgan fingerprint density at radius 3 is 2.53 bits per heavy atom. The van der Waals surface area contributed by atoms with Crippen molar-refractivity contribution in [3.8, 4) is 0 Å². The Labute approximate surface area is 176 Å². The summed E-state index contributed by atoms with van der Waals surface area (Å²) in [4.78, 5) is 27.6. The van der Waals surface area contributed by atoms with Crippen LogP contribution in [0.25, 0.3) is 0 Å². The highest BCUT2D eigenvalue weighted by Crippen LogP contribution is 2.44. The van der Waals surface area contributed by atoms with Gasteiger partial charge in [0.15, 0.2) is 5.60 Å². The highest BCUT2D eigenvalue weighted by atomic mass is 16.3. The van der Waals surface area contributed by atoms with Crippen molar-refractivity contribution in [3.05, 3.63) is 95.1 Å². The smallest absolute Gasteiger partial charge is 0.268 e. The number of fused-ring (bicyclic) bond motifs is 1. The van der Waals surface area contributed by atoms with E-state index in [9.17, 15) is 14.7 Å². The lowest BCUT2D eigenvalue weighted by Gasteiger charge is -2.24. The summed E-state index contributed by atoms with van der Waals surface area (Å²) in [5, 5.41) is 14.4. The summed E-state index contributed by atoms with van der Waals surface area (Å²) in [6, 6.07) is 21.9. The quantitative estimate of drug-likeness (QED) is 0.685. The van der Waals surface area contributed by atoms with E-state index < -0.39 is 11.5 Å². The minimum Gasteiger partial charge on any atom is -0.372 e. The fourth-order valence-corrected chi connectivity index (χ4v) is 4.02. The molecule has 0 spiro atoms. The molecule has 0 bridgehead atoms. The maximum Gasteiger partial charge on any atom is 0.268 e. The van der Waals surface area contributed by atoms with Crippen LogP contribution in [-0.2, 0) is 21.6 Å². The maximum absolute atomic E-state index is 13.4. The van der Waals surface area contributed by atoms with Crippen LogP contribution in [-0.4, -0.2) is 23.5 Å². The van der Waals surface area contributed by atoms with Gasteiger partial charge >= 0.3 is 0 Å². The topological polar surface area (TPSA) is 69.6 Å². The lowest BCUT2D eigenvalue weighted by Crippen LogP contribution is -2.44. The van der Waals surface area contributed by atoms with Crippen LogP contribution < -0.4 is 10.2 Å². The maximum atomic E-state index is 13.4. The monoisotopic (exact) mass is 400 g/mol. The lowest BCUT2D eigenvalue weighted by atomic mass is 9.87. The molecule has 3 aromatic rings. The molecule has 1 atom stereocenters. The normalized spacial score (nSPS) is 17.7. The van der Waals surface area contributed by atoms with Crippen molar-refractivity contribution in [2.24, 2.45) is 0 Å². The van der Waals surface area contributed by atoms with E-state index in [4.69, 9.17) is 0 Å². The highest BCUT2D eigenvalue weighted by molar-refractivity contribution is 6.12. The predicted molar refractivity (Wildman–Crippen MR) is 117 cm³/mol. The second kappa shape index (κ2) is 7.76. The molecule has 2 amide bonds. The first-order valence-corrected chi connectivity index (χ1v) is 10.0. The molecule has 0 saturated carbocycles. The Hall–Kier alpha value is -3.44. The first-order chi connectivity index (χ1) is 14.4. The van der Waals surface area contributed by atoms with Crippen LogP contribution in [0.5, 0.6) is 0 Å². The van der Waals surface area contributed by atoms with Crippen LogP contribution in [0.2, 0.25) is 0 Å². The summed E-state index contributed by atoms with van der Waals surface area (Å²) in [6.07, 6.45) is 0.787. The van der Waals surface area contributed by atoms with Gasteiger partial charge in [-0.15, -0.1) is 0 Å². The number of amides is 2. The second-order valence-corrected chi connectivity index (χ2v) is 7.55. The van der Waals surface area contributed by atoms with E-state index in [1.54, 1.807) is 36.4 Å². The van der Waals surface area contributed by atoms with E-state index in [1.807, 2.05) is 50.2 Å². The number of nitrogens with zero attached hydrogens (tertiary/aromatic N) is 1. The van der Waals surface area contributed by atoms with Crippen LogP contribution in [0.15, 0.2) is 72.8 Å². The van der Waals surface area contributed by atoms with Gasteiger partial charge in [-0.25, -0.2) is 0 Å². The van der Waals surface area contributed by atoms with Crippen molar-refractivity contribution in [2.75, 3.05) is 16.8 Å². The van der Waals surface area contributed by atoms with Gasteiger partial charge in [0.2, 0.25) is 5.91 Å². The third kappa shape index (κ3) is 3.27. The van der Waals surface area contributed by atoms with Gasteiger partial charge in [0.25, 0.3) is 5.91 Å². The molecule has 152 valence electrons. The SMILES string of the molecule is CCc1ccccc1NC(=O)CN1C(=O)[C@](O)(c2cccc(C)c2)c2ccccc21. The average Bonchev–Trinajstić information content (AvgIpc) is 2.97. The lowest BCUT2D eigenvalue weighted by molar-refractivity contribution is -0.133. The summed E-state index contributed by atoms with van der Waals surface area (Å²) < 4.78 is 0. The number of rotatable bonds is 5. The van der Waals surface area contributed by atoms with E-state index in [0.717, 1.165) is 23.2 Å². The number of benzene rings is 3. The molecular weight excluding hydrogens is 376 g/mol. The number of hydrogen-bond donors (Lipinski definition) is 2. The van der Waals surface area contributed by atoms with Crippen molar-refractivity contribution in [2.45, 2.75) is 25.9 Å². The van der Waals surface area contributed by atoms with Crippen LogP contribution in [0.3, 0.4) is 0 Å². The fourth-order valence-electron chi connectivity index (χ4n) is 4.02. The number of carbonyl (C=O) groups is 2. The minimum absolute atomic E-state index is 0.179. The summed E-state index contributed by atoms with van der Waals surface area (Å²) >= 11 is 0. The van der Waals surface area contributed by atoms with E-state index in [-0.39, 0.29) is 12.5 Å². The van der Waals surface area contributed by atoms with Crippen LogP contribution in [0.1, 0.15) is 29.2 Å². The van der Waals surface area contributed by atoms with E-state index in [1.165, 1.54) is 4.90 Å². The third-order valence-corrected chi connectivity index (χ3v) is 5.55. The zero-order valence-electron chi connectivity index (χ0n) is 17.1. The Kier molecular flexibility index (Phi) is 5.14. The Bertz CT molecular complexity index is 1120. The molecule has 0 aromatic heterocycles. The fraction of sp³-hybridized carbons (Fsp3) is 0.200. The predicted octanol–water partition coefficient (Wildman–Crippen LogP) is 3.78. The Balaban J connectivity index is 1.66. The summed E-state index contributed by atoms with van der Waals surface area (Å²) in [6.45, 7) is 3.75. The van der Waals surface area contributed by atoms with Gasteiger partial charge in [-0.05, 0) is 36.6 Å². The standard InChI is InChI=1S/C25H24N2O3/c1-3-18-10-4-6-13-21(18)26-23(28)16-27-22-14-7-5-12-20(22)25(30,24(27)29)19-11-8-9-17(2)15-19/h4-15,30H,3,16H2,1-2H3,(H,26,28)/t25-/m0/s1. The summed E-state index contributed by atoms with van der Waals surface area (Å²) in [5.41, 5.74) is 2.42. The number of para-hydroxylation sites is 2. The summed E-state index contributed by atoms with van der Waals surface area (Å²) in [5.74, 6) is -0.833. The molecule has 0 unspecified atom stereocenters. The van der Waals surface area contributed by atoms with Crippen molar-refractivity contribution in [1.82, 2.24) is 0 Å². The molecule has 0 fully saturated rings. The number of carbonyl (C=O) groups excluding carboxylic acids is 2. The molecule has 0 radical (unpaired) electrons. The number of aryl methyl sites for hydroxylation is 2. The van der Waals surface area contributed by atoms with Crippen molar-refractivity contribution < 1.29 is 14.7 Å². The average molecular weight is 400 g/mol. The van der Waals surface area contributed by atoms with Gasteiger partial charge < -0.3 is 10.4 Å². The van der Waals surface area contributed by atoms with Gasteiger partial charge in [-0.1, -0.05) is 73.2 Å². The van der Waals surface area contributed by atoms with Gasteiger partial charge in [-0.2, -0.15) is 0 Å². The minimum atomic E-state index is -1.82. The van der Waals surface area contributed by atoms with Crippen molar-refractivity contribution in [3.63, 3.8) is 0 Å². The molecule has 0 aliphatic carbocycles. The van der Waals surface area contributed by atoms with Crippen LogP contribution in [0, 0.1) is 6.92 Å². The summed E-state index contributed by atoms with van der Waals surface area (Å²) in [7, 11) is 0. The molecular formula is C25H24N2O3. The number of anilines is 2. The number of hydrogen-bond acceptors (Lipinski definition) is 3. The molecule has 5 nitrogen and oxygen atoms in total. The van der Waals surface area contributed by atoms with Crippen molar-refractivity contribution in [1.29, 1.82) is 0 Å². The number of nitrogens with one attached hydrogen (secondary N) is 1. The molecule has 2 N–H and O–H groups in total. The number of aliphatic hydroxyl groups is 1. The Morgan fingerprint density at radius 2 is 1.77 bits per heavy atom. The second-order valence-electron chi connectivity index (χ2n) is 7.55. The van der Waals surface area contributed by atoms with Crippen LogP contribution >= 0.6 is 0 Å². The van der Waals surface area contributed by atoms with Gasteiger partial charge in [0.05, 0.1) is 5.69 Å². The van der Waals surface area contributed by atoms with Gasteiger partial charge in [0.1, 0.15) is 6.54 Å². The molecule has 1 heterocycles. The molecule has 5 heteroatoms. The Morgan fingerprint density at radius 1 is 1.03 bits per heavy atom. The van der Waals surface area contributed by atoms with Gasteiger partial charge in [0, 0.05) is 11.3 Å². The first-order valence-electron chi connectivity index (χ1n) is 10.0. The third-order valence-electron chi connectivity index (χ3n) is 5.55. The molecule has 3 aromatic carbocycles. The van der Waals surface area contributed by atoms with Crippen molar-refractivity contribution >= 4 is 23.2 Å². The molecule has 1 aliphatic rings. The van der Waals surface area contributed by atoms with E-state index >= 15 is 0 Å². The van der Waals surface area contributed by atoms with Gasteiger partial charge in [-0.3, -0.25) is 14.5 Å². The zero-order chi connectivity index (χ0) is 21.3. The zero-order valence-corrected chi connectivity index (χ0v) is 17.1. The first kappa shape index (κ1) is 19.9. The molecule has 30 heavy (non-hydrogen) atoms. The molecule has 0 saturated heterocycles. The van der Waals surface area contributed by atoms with E-state index in [2.05, 4.69) is 5.32 Å². The molecule has 4 rings (SSSR count). The van der Waals surface area contributed by atoms with Crippen LogP contribution in [0.4, 0.5) is 11.4 Å². The largest absolute Gasteiger partial charge is 0.372 e. The highest BCUT2D eigenvalue weighted by Gasteiger charge is 2.51. The molecule has 1 aliphatic heterocycles. The van der Waals surface area contributed by atoms with E-state index in [0.29, 0.717) is 16.8 Å².